The van der Waals surface area contributed by atoms with Gasteiger partial charge in [-0.2, -0.15) is 5.10 Å². The summed E-state index contributed by atoms with van der Waals surface area (Å²) in [4.78, 5) is 23.7. The number of carbonyl (C=O) groups excluding carboxylic acids is 2. The maximum Gasteiger partial charge on any atom is 0.240 e. The number of benzene rings is 2. The number of hydrogen-bond donors (Lipinski definition) is 2. The molecule has 0 saturated heterocycles. The van der Waals surface area contributed by atoms with Crippen LogP contribution in [0, 0.1) is 0 Å². The zero-order valence-electron chi connectivity index (χ0n) is 13.6. The summed E-state index contributed by atoms with van der Waals surface area (Å²) in [6.45, 7) is 1.77. The average Bonchev–Trinajstić information content (AvgIpc) is 2.60. The Kier molecular flexibility index (Phi) is 6.98. The van der Waals surface area contributed by atoms with E-state index in [9.17, 15) is 9.59 Å². The lowest BCUT2D eigenvalue weighted by atomic mass is 10.1. The van der Waals surface area contributed by atoms with E-state index in [0.29, 0.717) is 21.4 Å². The first-order chi connectivity index (χ1) is 12.0. The van der Waals surface area contributed by atoms with Crippen molar-refractivity contribution >= 4 is 46.4 Å². The van der Waals surface area contributed by atoms with Crippen LogP contribution in [0.4, 0.5) is 5.69 Å². The van der Waals surface area contributed by atoms with E-state index in [0.717, 1.165) is 5.56 Å². The van der Waals surface area contributed by atoms with Gasteiger partial charge in [-0.05, 0) is 36.8 Å². The zero-order valence-corrected chi connectivity index (χ0v) is 15.1. The highest BCUT2D eigenvalue weighted by atomic mass is 35.5. The number of nitrogens with one attached hydrogen (secondary N) is 2. The topological polar surface area (TPSA) is 70.6 Å². The SMILES string of the molecule is CC(=NNC(=O)CCC(=O)Nc1ccccc1Cl)c1ccc(Cl)cc1. The molecule has 130 valence electrons. The molecule has 2 aromatic rings. The van der Waals surface area contributed by atoms with Crippen LogP contribution in [0.1, 0.15) is 25.3 Å². The Morgan fingerprint density at radius 1 is 0.960 bits per heavy atom. The minimum atomic E-state index is -0.345. The van der Waals surface area contributed by atoms with E-state index in [2.05, 4.69) is 15.8 Å². The molecule has 2 rings (SSSR count). The molecule has 2 amide bonds. The number of anilines is 1. The Morgan fingerprint density at radius 2 is 1.60 bits per heavy atom. The Morgan fingerprint density at radius 3 is 2.28 bits per heavy atom. The van der Waals surface area contributed by atoms with Gasteiger partial charge in [0.15, 0.2) is 0 Å². The highest BCUT2D eigenvalue weighted by Crippen LogP contribution is 2.20. The third-order valence-electron chi connectivity index (χ3n) is 3.34. The van der Waals surface area contributed by atoms with E-state index in [-0.39, 0.29) is 24.7 Å². The molecule has 7 heteroatoms. The second kappa shape index (κ2) is 9.20. The lowest BCUT2D eigenvalue weighted by molar-refractivity contribution is -0.124. The number of hydrogen-bond acceptors (Lipinski definition) is 3. The summed E-state index contributed by atoms with van der Waals surface area (Å²) in [5, 5.41) is 7.76. The Balaban J connectivity index is 1.80. The van der Waals surface area contributed by atoms with Gasteiger partial charge in [0, 0.05) is 17.9 Å². The highest BCUT2D eigenvalue weighted by Gasteiger charge is 2.08. The van der Waals surface area contributed by atoms with E-state index < -0.39 is 0 Å². The van der Waals surface area contributed by atoms with Gasteiger partial charge in [0.2, 0.25) is 11.8 Å². The smallest absolute Gasteiger partial charge is 0.240 e. The van der Waals surface area contributed by atoms with Crippen molar-refractivity contribution in [3.8, 4) is 0 Å². The van der Waals surface area contributed by atoms with Crippen LogP contribution >= 0.6 is 23.2 Å². The van der Waals surface area contributed by atoms with Gasteiger partial charge >= 0.3 is 0 Å². The first kappa shape index (κ1) is 19.0. The van der Waals surface area contributed by atoms with Crippen LogP contribution in [-0.4, -0.2) is 17.5 Å². The summed E-state index contributed by atoms with van der Waals surface area (Å²) in [7, 11) is 0. The summed E-state index contributed by atoms with van der Waals surface area (Å²) in [6, 6.07) is 14.0. The lowest BCUT2D eigenvalue weighted by Gasteiger charge is -2.06. The monoisotopic (exact) mass is 377 g/mol. The number of amides is 2. The van der Waals surface area contributed by atoms with Gasteiger partial charge in [0.05, 0.1) is 16.4 Å². The second-order valence-corrected chi connectivity index (χ2v) is 6.11. The average molecular weight is 378 g/mol. The van der Waals surface area contributed by atoms with Crippen molar-refractivity contribution in [2.75, 3.05) is 5.32 Å². The normalized spacial score (nSPS) is 11.1. The van der Waals surface area contributed by atoms with Crippen molar-refractivity contribution in [1.29, 1.82) is 0 Å². The molecule has 0 bridgehead atoms. The van der Waals surface area contributed by atoms with Gasteiger partial charge in [0.1, 0.15) is 0 Å². The summed E-state index contributed by atoms with van der Waals surface area (Å²) in [5.41, 5.74) is 4.45. The molecule has 0 radical (unpaired) electrons. The number of halogens is 2. The van der Waals surface area contributed by atoms with E-state index in [1.54, 1.807) is 43.3 Å². The van der Waals surface area contributed by atoms with Crippen molar-refractivity contribution in [3.05, 3.63) is 64.1 Å². The van der Waals surface area contributed by atoms with Gasteiger partial charge in [-0.15, -0.1) is 0 Å². The standard InChI is InChI=1S/C18H17Cl2N3O2/c1-12(13-6-8-14(19)9-7-13)22-23-18(25)11-10-17(24)21-16-5-3-2-4-15(16)20/h2-9H,10-11H2,1H3,(H,21,24)(H,23,25). The first-order valence-corrected chi connectivity index (χ1v) is 8.35. The summed E-state index contributed by atoms with van der Waals surface area (Å²) in [5.74, 6) is -0.635. The molecule has 0 aliphatic heterocycles. The minimum Gasteiger partial charge on any atom is -0.325 e. The van der Waals surface area contributed by atoms with Crippen molar-refractivity contribution in [2.45, 2.75) is 19.8 Å². The second-order valence-electron chi connectivity index (χ2n) is 5.27. The van der Waals surface area contributed by atoms with Gasteiger partial charge < -0.3 is 5.32 Å². The van der Waals surface area contributed by atoms with Crippen LogP contribution in [0.2, 0.25) is 10.0 Å². The molecule has 0 fully saturated rings. The maximum absolute atomic E-state index is 11.9. The highest BCUT2D eigenvalue weighted by molar-refractivity contribution is 6.33. The van der Waals surface area contributed by atoms with Crippen LogP contribution in [0.5, 0.6) is 0 Å². The molecule has 5 nitrogen and oxygen atoms in total. The fraction of sp³-hybridized carbons (Fsp3) is 0.167. The van der Waals surface area contributed by atoms with E-state index in [1.165, 1.54) is 0 Å². The zero-order chi connectivity index (χ0) is 18.2. The minimum absolute atomic E-state index is 0.0215. The summed E-state index contributed by atoms with van der Waals surface area (Å²) < 4.78 is 0. The largest absolute Gasteiger partial charge is 0.325 e. The Hall–Kier alpha value is -2.37. The third kappa shape index (κ3) is 6.21. The first-order valence-electron chi connectivity index (χ1n) is 7.59. The molecule has 0 saturated carbocycles. The molecule has 25 heavy (non-hydrogen) atoms. The number of hydrazone groups is 1. The fourth-order valence-electron chi connectivity index (χ4n) is 1.96. The van der Waals surface area contributed by atoms with E-state index >= 15 is 0 Å². The van der Waals surface area contributed by atoms with Crippen LogP contribution in [0.25, 0.3) is 0 Å². The molecule has 2 N–H and O–H groups in total. The molecular formula is C18H17Cl2N3O2. The Labute approximate surface area is 156 Å². The van der Waals surface area contributed by atoms with Crippen LogP contribution < -0.4 is 10.7 Å². The Bertz CT molecular complexity index is 789. The molecule has 0 aromatic heterocycles. The van der Waals surface area contributed by atoms with Gasteiger partial charge in [0.25, 0.3) is 0 Å². The quantitative estimate of drug-likeness (QED) is 0.583. The third-order valence-corrected chi connectivity index (χ3v) is 3.92. The van der Waals surface area contributed by atoms with Crippen LogP contribution in [0.15, 0.2) is 53.6 Å². The molecule has 0 aliphatic carbocycles. The van der Waals surface area contributed by atoms with Crippen LogP contribution in [0.3, 0.4) is 0 Å². The predicted octanol–water partition coefficient (Wildman–Crippen LogP) is 4.25. The van der Waals surface area contributed by atoms with Gasteiger partial charge in [-0.1, -0.05) is 47.5 Å². The van der Waals surface area contributed by atoms with Crippen molar-refractivity contribution in [3.63, 3.8) is 0 Å². The number of rotatable bonds is 6. The van der Waals surface area contributed by atoms with Crippen molar-refractivity contribution in [1.82, 2.24) is 5.43 Å². The molecule has 0 atom stereocenters. The van der Waals surface area contributed by atoms with Crippen LogP contribution in [-0.2, 0) is 9.59 Å². The van der Waals surface area contributed by atoms with Gasteiger partial charge in [-0.25, -0.2) is 5.43 Å². The van der Waals surface area contributed by atoms with E-state index in [1.807, 2.05) is 12.1 Å². The predicted molar refractivity (Wildman–Crippen MR) is 101 cm³/mol. The number of carbonyl (C=O) groups is 2. The maximum atomic E-state index is 11.9. The number of nitrogens with zero attached hydrogens (tertiary/aromatic N) is 1. The summed E-state index contributed by atoms with van der Waals surface area (Å²) in [6.07, 6.45) is 0.0558. The van der Waals surface area contributed by atoms with Crippen molar-refractivity contribution < 1.29 is 9.59 Å². The van der Waals surface area contributed by atoms with Gasteiger partial charge in [-0.3, -0.25) is 9.59 Å². The molecule has 0 heterocycles. The number of para-hydroxylation sites is 1. The molecule has 0 unspecified atom stereocenters. The summed E-state index contributed by atoms with van der Waals surface area (Å²) >= 11 is 11.8. The fourth-order valence-corrected chi connectivity index (χ4v) is 2.27. The van der Waals surface area contributed by atoms with E-state index in [4.69, 9.17) is 23.2 Å². The molecular weight excluding hydrogens is 361 g/mol. The molecule has 0 spiro atoms. The molecule has 0 aliphatic rings. The van der Waals surface area contributed by atoms with Crippen molar-refractivity contribution in [2.24, 2.45) is 5.10 Å². The molecule has 2 aromatic carbocycles. The lowest BCUT2D eigenvalue weighted by Crippen LogP contribution is -2.21.